The number of carbonyl (C=O) groups is 3. The largest absolute Gasteiger partial charge is 0.497 e. The van der Waals surface area contributed by atoms with Gasteiger partial charge in [-0.3, -0.25) is 14.4 Å². The van der Waals surface area contributed by atoms with Gasteiger partial charge < -0.3 is 19.7 Å². The van der Waals surface area contributed by atoms with Gasteiger partial charge >= 0.3 is 0 Å². The van der Waals surface area contributed by atoms with Crippen LogP contribution in [0.2, 0.25) is 0 Å². The Labute approximate surface area is 243 Å². The van der Waals surface area contributed by atoms with Gasteiger partial charge in [-0.2, -0.15) is 0 Å². The molecule has 1 fully saturated rings. The van der Waals surface area contributed by atoms with Crippen molar-refractivity contribution >= 4 is 27.7 Å². The van der Waals surface area contributed by atoms with Crippen LogP contribution in [0.4, 0.5) is 4.39 Å². The summed E-state index contributed by atoms with van der Waals surface area (Å²) in [6.07, 6.45) is 1.47. The number of hydrogen-bond acceptors (Lipinski definition) is 7. The van der Waals surface area contributed by atoms with Gasteiger partial charge in [0.1, 0.15) is 29.0 Å². The van der Waals surface area contributed by atoms with E-state index in [0.29, 0.717) is 27.8 Å². The van der Waals surface area contributed by atoms with E-state index >= 15 is 0 Å². The van der Waals surface area contributed by atoms with Crippen LogP contribution in [-0.4, -0.2) is 68.3 Å². The molecule has 5 rings (SSSR count). The van der Waals surface area contributed by atoms with Gasteiger partial charge in [0.25, 0.3) is 15.9 Å². The van der Waals surface area contributed by atoms with Crippen LogP contribution in [0.3, 0.4) is 0 Å². The number of methoxy groups -OCH3 is 1. The summed E-state index contributed by atoms with van der Waals surface area (Å²) < 4.78 is 51.7. The zero-order valence-corrected chi connectivity index (χ0v) is 23.7. The number of fused-ring (bicyclic) bond motifs is 1. The van der Waals surface area contributed by atoms with Crippen molar-refractivity contribution in [2.75, 3.05) is 26.8 Å². The fourth-order valence-corrected chi connectivity index (χ4v) is 6.63. The first-order chi connectivity index (χ1) is 20.2. The molecular formula is C30H30FN3O7S. The fraction of sp³-hybridized carbons (Fsp3) is 0.300. The molecule has 3 amide bonds. The minimum Gasteiger partial charge on any atom is -0.497 e. The summed E-state index contributed by atoms with van der Waals surface area (Å²) in [5, 5.41) is 2.87. The summed E-state index contributed by atoms with van der Waals surface area (Å²) in [5.41, 5.74) is 0.853. The van der Waals surface area contributed by atoms with Crippen LogP contribution < -0.4 is 10.1 Å². The van der Waals surface area contributed by atoms with Crippen LogP contribution in [0.5, 0.6) is 5.75 Å². The normalized spacial score (nSPS) is 17.9. The third-order valence-corrected chi connectivity index (χ3v) is 9.06. The van der Waals surface area contributed by atoms with Gasteiger partial charge in [-0.05, 0) is 60.4 Å². The van der Waals surface area contributed by atoms with E-state index in [0.717, 1.165) is 12.8 Å². The zero-order valence-electron chi connectivity index (χ0n) is 22.9. The standard InChI is InChI=1S/C30H30FN3O7S/c1-40-23-7-4-6-21(16-23)28(29(36)32-17-24-8-5-15-41-24)33(18-20-11-13-22(31)14-12-20)27(35)19-34-30(37)25-9-2-3-10-26(25)42(34,38)39/h2-4,6-7,9-14,16,24,28H,5,8,15,17-19H2,1H3,(H,32,36)/t24-,28+/m1/s1. The van der Waals surface area contributed by atoms with E-state index in [4.69, 9.17) is 9.47 Å². The maximum absolute atomic E-state index is 14.0. The number of nitrogens with one attached hydrogen (secondary N) is 1. The predicted octanol–water partition coefficient (Wildman–Crippen LogP) is 3.04. The molecule has 10 nitrogen and oxygen atoms in total. The second-order valence-corrected chi connectivity index (χ2v) is 11.9. The molecule has 0 bridgehead atoms. The monoisotopic (exact) mass is 595 g/mol. The average molecular weight is 596 g/mol. The maximum atomic E-state index is 14.0. The van der Waals surface area contributed by atoms with Gasteiger partial charge in [-0.1, -0.05) is 36.4 Å². The Kier molecular flexibility index (Phi) is 8.55. The topological polar surface area (TPSA) is 122 Å². The van der Waals surface area contributed by atoms with E-state index in [1.807, 2.05) is 0 Å². The molecular weight excluding hydrogens is 565 g/mol. The SMILES string of the molecule is COc1cccc([C@@H](C(=O)NC[C@H]2CCCO2)N(Cc2ccc(F)cc2)C(=O)CN2C(=O)c3ccccc3S2(=O)=O)c1. The molecule has 0 spiro atoms. The van der Waals surface area contributed by atoms with Crippen LogP contribution in [0.15, 0.2) is 77.7 Å². The van der Waals surface area contributed by atoms with E-state index in [2.05, 4.69) is 5.32 Å². The van der Waals surface area contributed by atoms with Crippen molar-refractivity contribution < 1.29 is 36.7 Å². The number of carbonyl (C=O) groups excluding carboxylic acids is 3. The van der Waals surface area contributed by atoms with Gasteiger partial charge in [-0.15, -0.1) is 0 Å². The highest BCUT2D eigenvalue weighted by atomic mass is 32.2. The highest BCUT2D eigenvalue weighted by Crippen LogP contribution is 2.32. The summed E-state index contributed by atoms with van der Waals surface area (Å²) in [5.74, 6) is -2.22. The van der Waals surface area contributed by atoms with E-state index in [9.17, 15) is 27.2 Å². The number of amides is 3. The predicted molar refractivity (Wildman–Crippen MR) is 149 cm³/mol. The summed E-state index contributed by atoms with van der Waals surface area (Å²) in [4.78, 5) is 42.0. The Morgan fingerprint density at radius 3 is 2.57 bits per heavy atom. The first-order valence-corrected chi connectivity index (χ1v) is 14.9. The second-order valence-electron chi connectivity index (χ2n) is 10.0. The summed E-state index contributed by atoms with van der Waals surface area (Å²) in [7, 11) is -2.83. The van der Waals surface area contributed by atoms with Crippen molar-refractivity contribution in [3.05, 3.63) is 95.3 Å². The highest BCUT2D eigenvalue weighted by Gasteiger charge is 2.43. The summed E-state index contributed by atoms with van der Waals surface area (Å²) in [6, 6.07) is 16.5. The lowest BCUT2D eigenvalue weighted by atomic mass is 10.0. The molecule has 1 saturated heterocycles. The van der Waals surface area contributed by atoms with E-state index in [1.165, 1.54) is 60.5 Å². The van der Waals surface area contributed by atoms with Crippen LogP contribution in [0.1, 0.15) is 40.4 Å². The number of rotatable bonds is 10. The Morgan fingerprint density at radius 1 is 1.12 bits per heavy atom. The fourth-order valence-electron chi connectivity index (χ4n) is 5.11. The van der Waals surface area contributed by atoms with Gasteiger partial charge in [0.2, 0.25) is 11.8 Å². The van der Waals surface area contributed by atoms with Crippen molar-refractivity contribution in [1.82, 2.24) is 14.5 Å². The van der Waals surface area contributed by atoms with Crippen LogP contribution >= 0.6 is 0 Å². The molecule has 0 radical (unpaired) electrons. The number of sulfonamides is 1. The van der Waals surface area contributed by atoms with E-state index in [1.54, 1.807) is 24.3 Å². The molecule has 0 aromatic heterocycles. The van der Waals surface area contributed by atoms with Gasteiger partial charge in [0.05, 0.1) is 18.8 Å². The number of halogens is 1. The molecule has 12 heteroatoms. The molecule has 3 aromatic carbocycles. The summed E-state index contributed by atoms with van der Waals surface area (Å²) in [6.45, 7) is -0.207. The van der Waals surface area contributed by atoms with Crippen molar-refractivity contribution in [3.63, 3.8) is 0 Å². The molecule has 1 N–H and O–H groups in total. The third-order valence-electron chi connectivity index (χ3n) is 7.27. The van der Waals surface area contributed by atoms with Crippen molar-refractivity contribution in [1.29, 1.82) is 0 Å². The lowest BCUT2D eigenvalue weighted by molar-refractivity contribution is -0.141. The Balaban J connectivity index is 1.52. The molecule has 2 aliphatic heterocycles. The maximum Gasteiger partial charge on any atom is 0.269 e. The first kappa shape index (κ1) is 29.2. The Bertz CT molecular complexity index is 1590. The van der Waals surface area contributed by atoms with E-state index < -0.39 is 46.1 Å². The Morgan fingerprint density at radius 2 is 1.88 bits per heavy atom. The first-order valence-electron chi connectivity index (χ1n) is 13.4. The van der Waals surface area contributed by atoms with Gasteiger partial charge in [0, 0.05) is 19.7 Å². The number of hydrogen-bond donors (Lipinski definition) is 1. The zero-order chi connectivity index (χ0) is 29.9. The van der Waals surface area contributed by atoms with Crippen LogP contribution in [0, 0.1) is 5.82 Å². The second kappa shape index (κ2) is 12.3. The molecule has 42 heavy (non-hydrogen) atoms. The third kappa shape index (κ3) is 6.00. The molecule has 2 heterocycles. The minimum atomic E-state index is -4.30. The quantitative estimate of drug-likeness (QED) is 0.382. The Hall–Kier alpha value is -4.29. The minimum absolute atomic E-state index is 0.0333. The average Bonchev–Trinajstić information content (AvgIpc) is 3.58. The molecule has 220 valence electrons. The molecule has 0 aliphatic carbocycles. The van der Waals surface area contributed by atoms with Crippen molar-refractivity contribution in [2.45, 2.75) is 36.4 Å². The van der Waals surface area contributed by atoms with Gasteiger partial charge in [-0.25, -0.2) is 17.1 Å². The van der Waals surface area contributed by atoms with Crippen LogP contribution in [-0.2, 0) is 30.9 Å². The van der Waals surface area contributed by atoms with Crippen LogP contribution in [0.25, 0.3) is 0 Å². The summed E-state index contributed by atoms with van der Waals surface area (Å²) >= 11 is 0. The molecule has 0 unspecified atom stereocenters. The lowest BCUT2D eigenvalue weighted by Crippen LogP contribution is -2.48. The molecule has 3 aromatic rings. The molecule has 2 atom stereocenters. The van der Waals surface area contributed by atoms with Crippen molar-refractivity contribution in [2.24, 2.45) is 0 Å². The van der Waals surface area contributed by atoms with E-state index in [-0.39, 0.29) is 29.7 Å². The molecule has 2 aliphatic rings. The number of benzene rings is 3. The highest BCUT2D eigenvalue weighted by molar-refractivity contribution is 7.90. The molecule has 0 saturated carbocycles. The number of nitrogens with zero attached hydrogens (tertiary/aromatic N) is 2. The smallest absolute Gasteiger partial charge is 0.269 e. The number of ether oxygens (including phenoxy) is 2. The van der Waals surface area contributed by atoms with Crippen molar-refractivity contribution in [3.8, 4) is 5.75 Å². The van der Waals surface area contributed by atoms with Gasteiger partial charge in [0.15, 0.2) is 0 Å². The lowest BCUT2D eigenvalue weighted by Gasteiger charge is -2.33.